The molecular formula is C23H19NO5. The fourth-order valence-electron chi connectivity index (χ4n) is 2.87. The Bertz CT molecular complexity index is 1200. The molecule has 0 spiro atoms. The zero-order valence-corrected chi connectivity index (χ0v) is 16.3. The topological polar surface area (TPSA) is 89.5 Å². The van der Waals surface area contributed by atoms with Gasteiger partial charge < -0.3 is 13.9 Å². The Labute approximate surface area is 167 Å². The van der Waals surface area contributed by atoms with E-state index in [1.807, 2.05) is 32.0 Å². The van der Waals surface area contributed by atoms with Gasteiger partial charge in [-0.2, -0.15) is 5.26 Å². The van der Waals surface area contributed by atoms with E-state index >= 15 is 0 Å². The Morgan fingerprint density at radius 2 is 1.90 bits per heavy atom. The van der Waals surface area contributed by atoms with Gasteiger partial charge in [0.25, 0.3) is 0 Å². The molecule has 0 saturated heterocycles. The number of esters is 1. The van der Waals surface area contributed by atoms with Gasteiger partial charge in [-0.1, -0.05) is 24.3 Å². The Balaban J connectivity index is 1.84. The van der Waals surface area contributed by atoms with Gasteiger partial charge in [0.2, 0.25) is 0 Å². The third-order valence-corrected chi connectivity index (χ3v) is 4.64. The van der Waals surface area contributed by atoms with Gasteiger partial charge in [-0.05, 0) is 48.7 Å². The maximum atomic E-state index is 12.4. The summed E-state index contributed by atoms with van der Waals surface area (Å²) in [5, 5.41) is 10.0. The SMILES string of the molecule is COc1ccc(C=C(C#N)C(=O)OCc2cc(=O)oc3c(C)c(C)ccc23)cc1. The minimum atomic E-state index is -0.770. The molecule has 29 heavy (non-hydrogen) atoms. The first-order valence-electron chi connectivity index (χ1n) is 8.89. The molecule has 0 aliphatic carbocycles. The molecule has 0 atom stereocenters. The van der Waals surface area contributed by atoms with Crippen molar-refractivity contribution in [3.63, 3.8) is 0 Å². The summed E-state index contributed by atoms with van der Waals surface area (Å²) in [6.45, 7) is 3.64. The predicted molar refractivity (Wildman–Crippen MR) is 108 cm³/mol. The maximum Gasteiger partial charge on any atom is 0.349 e. The largest absolute Gasteiger partial charge is 0.497 e. The van der Waals surface area contributed by atoms with Crippen LogP contribution in [-0.2, 0) is 16.1 Å². The van der Waals surface area contributed by atoms with Crippen molar-refractivity contribution in [1.82, 2.24) is 0 Å². The molecule has 0 aliphatic rings. The third-order valence-electron chi connectivity index (χ3n) is 4.64. The fraction of sp³-hybridized carbons (Fsp3) is 0.174. The van der Waals surface area contributed by atoms with Crippen molar-refractivity contribution < 1.29 is 18.7 Å². The van der Waals surface area contributed by atoms with Crippen molar-refractivity contribution in [2.24, 2.45) is 0 Å². The highest BCUT2D eigenvalue weighted by atomic mass is 16.5. The summed E-state index contributed by atoms with van der Waals surface area (Å²) in [5.41, 5.74) is 2.83. The van der Waals surface area contributed by atoms with Crippen LogP contribution < -0.4 is 10.4 Å². The first-order chi connectivity index (χ1) is 13.9. The second-order valence-electron chi connectivity index (χ2n) is 6.49. The zero-order chi connectivity index (χ0) is 21.0. The number of benzene rings is 2. The van der Waals surface area contributed by atoms with Crippen LogP contribution in [0, 0.1) is 25.2 Å². The number of hydrogen-bond donors (Lipinski definition) is 0. The summed E-state index contributed by atoms with van der Waals surface area (Å²) < 4.78 is 15.7. The molecule has 0 bridgehead atoms. The van der Waals surface area contributed by atoms with Gasteiger partial charge in [0.15, 0.2) is 0 Å². The summed E-state index contributed by atoms with van der Waals surface area (Å²) in [4.78, 5) is 24.3. The van der Waals surface area contributed by atoms with Gasteiger partial charge in [-0.25, -0.2) is 9.59 Å². The molecule has 1 heterocycles. The molecule has 0 radical (unpaired) electrons. The lowest BCUT2D eigenvalue weighted by Gasteiger charge is -2.09. The van der Waals surface area contributed by atoms with Crippen molar-refractivity contribution in [2.45, 2.75) is 20.5 Å². The summed E-state index contributed by atoms with van der Waals surface area (Å²) in [5.74, 6) is -0.0999. The van der Waals surface area contributed by atoms with Crippen molar-refractivity contribution in [3.05, 3.63) is 80.7 Å². The van der Waals surface area contributed by atoms with E-state index in [-0.39, 0.29) is 12.2 Å². The molecule has 1 aromatic heterocycles. The van der Waals surface area contributed by atoms with Gasteiger partial charge in [0.05, 0.1) is 7.11 Å². The number of rotatable bonds is 5. The highest BCUT2D eigenvalue weighted by Gasteiger charge is 2.14. The van der Waals surface area contributed by atoms with Gasteiger partial charge in [-0.3, -0.25) is 0 Å². The Morgan fingerprint density at radius 1 is 1.17 bits per heavy atom. The van der Waals surface area contributed by atoms with Crippen LogP contribution in [0.4, 0.5) is 0 Å². The maximum absolute atomic E-state index is 12.4. The van der Waals surface area contributed by atoms with Crippen LogP contribution in [0.15, 0.2) is 57.2 Å². The number of aryl methyl sites for hydroxylation is 2. The fourth-order valence-corrected chi connectivity index (χ4v) is 2.87. The molecule has 146 valence electrons. The first-order valence-corrected chi connectivity index (χ1v) is 8.89. The van der Waals surface area contributed by atoms with E-state index in [1.165, 1.54) is 12.1 Å². The van der Waals surface area contributed by atoms with Gasteiger partial charge in [0.1, 0.15) is 29.6 Å². The van der Waals surface area contributed by atoms with Gasteiger partial charge in [-0.15, -0.1) is 0 Å². The predicted octanol–water partition coefficient (Wildman–Crippen LogP) is 4.07. The lowest BCUT2D eigenvalue weighted by molar-refractivity contribution is -0.139. The minimum Gasteiger partial charge on any atom is -0.497 e. The van der Waals surface area contributed by atoms with Crippen LogP contribution in [-0.4, -0.2) is 13.1 Å². The summed E-state index contributed by atoms with van der Waals surface area (Å²) >= 11 is 0. The Morgan fingerprint density at radius 3 is 2.55 bits per heavy atom. The van der Waals surface area contributed by atoms with E-state index in [0.717, 1.165) is 11.1 Å². The van der Waals surface area contributed by atoms with Crippen molar-refractivity contribution in [2.75, 3.05) is 7.11 Å². The van der Waals surface area contributed by atoms with Crippen molar-refractivity contribution in [3.8, 4) is 11.8 Å². The molecule has 6 heteroatoms. The van der Waals surface area contributed by atoms with Gasteiger partial charge >= 0.3 is 11.6 Å². The highest BCUT2D eigenvalue weighted by Crippen LogP contribution is 2.24. The molecule has 6 nitrogen and oxygen atoms in total. The standard InChI is InChI=1S/C23H19NO5/c1-14-4-9-20-18(11-21(25)29-22(20)15(14)2)13-28-23(26)17(12-24)10-16-5-7-19(27-3)8-6-16/h4-11H,13H2,1-3H3. The second-order valence-corrected chi connectivity index (χ2v) is 6.49. The van der Waals surface area contributed by atoms with Crippen LogP contribution in [0.1, 0.15) is 22.3 Å². The lowest BCUT2D eigenvalue weighted by atomic mass is 10.0. The highest BCUT2D eigenvalue weighted by molar-refractivity contribution is 5.98. The molecule has 0 amide bonds. The summed E-state index contributed by atoms with van der Waals surface area (Å²) in [7, 11) is 1.56. The normalized spacial score (nSPS) is 11.2. The summed E-state index contributed by atoms with van der Waals surface area (Å²) in [6, 6.07) is 13.8. The molecule has 0 fully saturated rings. The van der Waals surface area contributed by atoms with Crippen LogP contribution in [0.2, 0.25) is 0 Å². The zero-order valence-electron chi connectivity index (χ0n) is 16.3. The van der Waals surface area contributed by atoms with E-state index in [0.29, 0.717) is 27.8 Å². The van der Waals surface area contributed by atoms with E-state index in [4.69, 9.17) is 13.9 Å². The molecule has 0 aliphatic heterocycles. The smallest absolute Gasteiger partial charge is 0.349 e. The Kier molecular flexibility index (Phi) is 5.79. The first kappa shape index (κ1) is 19.9. The van der Waals surface area contributed by atoms with Crippen LogP contribution in [0.5, 0.6) is 5.75 Å². The number of carbonyl (C=O) groups excluding carboxylic acids is 1. The van der Waals surface area contributed by atoms with Crippen molar-refractivity contribution >= 4 is 23.0 Å². The molecule has 0 N–H and O–H groups in total. The number of nitrogens with zero attached hydrogens (tertiary/aromatic N) is 1. The molecule has 0 saturated carbocycles. The summed E-state index contributed by atoms with van der Waals surface area (Å²) in [6.07, 6.45) is 1.44. The molecular weight excluding hydrogens is 370 g/mol. The van der Waals surface area contributed by atoms with E-state index in [9.17, 15) is 14.9 Å². The lowest BCUT2D eigenvalue weighted by Crippen LogP contribution is -2.09. The average molecular weight is 389 g/mol. The van der Waals surface area contributed by atoms with E-state index < -0.39 is 11.6 Å². The van der Waals surface area contributed by atoms with E-state index in [1.54, 1.807) is 31.4 Å². The second kappa shape index (κ2) is 8.44. The van der Waals surface area contributed by atoms with Crippen molar-refractivity contribution in [1.29, 1.82) is 5.26 Å². The quantitative estimate of drug-likeness (QED) is 0.283. The monoisotopic (exact) mass is 389 g/mol. The molecule has 3 aromatic rings. The number of nitriles is 1. The number of carbonyl (C=O) groups is 1. The average Bonchev–Trinajstić information content (AvgIpc) is 2.73. The number of fused-ring (bicyclic) bond motifs is 1. The van der Waals surface area contributed by atoms with Crippen LogP contribution >= 0.6 is 0 Å². The number of hydrogen-bond acceptors (Lipinski definition) is 6. The van der Waals surface area contributed by atoms with E-state index in [2.05, 4.69) is 0 Å². The van der Waals surface area contributed by atoms with Crippen LogP contribution in [0.25, 0.3) is 17.0 Å². The number of methoxy groups -OCH3 is 1. The Hall–Kier alpha value is -3.85. The molecule has 0 unspecified atom stereocenters. The molecule has 3 rings (SSSR count). The minimum absolute atomic E-state index is 0.144. The third kappa shape index (κ3) is 4.36. The molecule has 2 aromatic carbocycles. The van der Waals surface area contributed by atoms with Crippen LogP contribution in [0.3, 0.4) is 0 Å². The van der Waals surface area contributed by atoms with Gasteiger partial charge in [0, 0.05) is 17.0 Å². The number of ether oxygens (including phenoxy) is 2.